The molecular formula is C9H12N6O. The number of H-pyrrole nitrogens is 2. The third-order valence-electron chi connectivity index (χ3n) is 2.11. The number of aryl methyl sites for hydroxylation is 1. The van der Waals surface area contributed by atoms with Gasteiger partial charge in [0, 0.05) is 25.4 Å². The van der Waals surface area contributed by atoms with E-state index in [4.69, 9.17) is 0 Å². The first kappa shape index (κ1) is 10.3. The van der Waals surface area contributed by atoms with Crippen LogP contribution in [0.2, 0.25) is 0 Å². The zero-order valence-corrected chi connectivity index (χ0v) is 9.06. The molecule has 2 rings (SSSR count). The second kappa shape index (κ2) is 4.13. The summed E-state index contributed by atoms with van der Waals surface area (Å²) in [4.78, 5) is 17.3. The summed E-state index contributed by atoms with van der Waals surface area (Å²) in [7, 11) is 1.70. The quantitative estimate of drug-likeness (QED) is 0.768. The summed E-state index contributed by atoms with van der Waals surface area (Å²) in [6.07, 6.45) is 3.42. The molecule has 2 aromatic rings. The van der Waals surface area contributed by atoms with Crippen LogP contribution in [0.5, 0.6) is 0 Å². The maximum Gasteiger partial charge on any atom is 0.293 e. The first-order valence-corrected chi connectivity index (χ1v) is 4.79. The van der Waals surface area contributed by atoms with Crippen molar-refractivity contribution in [3.63, 3.8) is 0 Å². The number of aromatic nitrogens is 5. The fraction of sp³-hybridized carbons (Fsp3) is 0.333. The molecular weight excluding hydrogens is 208 g/mol. The van der Waals surface area contributed by atoms with Gasteiger partial charge in [0.1, 0.15) is 5.82 Å². The highest BCUT2D eigenvalue weighted by Gasteiger charge is 2.16. The van der Waals surface area contributed by atoms with Gasteiger partial charge >= 0.3 is 0 Å². The molecule has 0 aromatic carbocycles. The molecule has 2 aromatic heterocycles. The number of amides is 1. The Morgan fingerprint density at radius 1 is 1.56 bits per heavy atom. The van der Waals surface area contributed by atoms with Gasteiger partial charge < -0.3 is 4.90 Å². The summed E-state index contributed by atoms with van der Waals surface area (Å²) >= 11 is 0. The molecule has 0 saturated heterocycles. The van der Waals surface area contributed by atoms with Crippen molar-refractivity contribution in [3.05, 3.63) is 29.6 Å². The fourth-order valence-corrected chi connectivity index (χ4v) is 1.32. The number of hydrogen-bond donors (Lipinski definition) is 2. The lowest BCUT2D eigenvalue weighted by Gasteiger charge is -2.13. The van der Waals surface area contributed by atoms with E-state index in [9.17, 15) is 4.79 Å². The number of hydrogen-bond acceptors (Lipinski definition) is 4. The lowest BCUT2D eigenvalue weighted by molar-refractivity contribution is 0.0773. The van der Waals surface area contributed by atoms with E-state index in [0.717, 1.165) is 5.56 Å². The zero-order chi connectivity index (χ0) is 11.5. The van der Waals surface area contributed by atoms with Crippen LogP contribution in [0.1, 0.15) is 22.0 Å². The summed E-state index contributed by atoms with van der Waals surface area (Å²) in [5.74, 6) is 0.592. The molecule has 0 saturated carbocycles. The van der Waals surface area contributed by atoms with E-state index in [1.165, 1.54) is 4.90 Å². The molecule has 0 unspecified atom stereocenters. The van der Waals surface area contributed by atoms with Crippen LogP contribution in [0, 0.1) is 6.92 Å². The SMILES string of the molecule is Cc1nc(C(=O)N(C)Cc2cn[nH]c2)n[nH]1. The van der Waals surface area contributed by atoms with Crippen molar-refractivity contribution in [1.29, 1.82) is 0 Å². The highest BCUT2D eigenvalue weighted by atomic mass is 16.2. The number of carbonyl (C=O) groups is 1. The Labute approximate surface area is 91.9 Å². The van der Waals surface area contributed by atoms with Crippen LogP contribution in [-0.4, -0.2) is 43.2 Å². The third-order valence-corrected chi connectivity index (χ3v) is 2.11. The van der Waals surface area contributed by atoms with E-state index >= 15 is 0 Å². The van der Waals surface area contributed by atoms with Gasteiger partial charge in [0.2, 0.25) is 5.82 Å². The van der Waals surface area contributed by atoms with E-state index < -0.39 is 0 Å². The highest BCUT2D eigenvalue weighted by Crippen LogP contribution is 2.03. The molecule has 0 fully saturated rings. The van der Waals surface area contributed by atoms with Crippen LogP contribution < -0.4 is 0 Å². The third kappa shape index (κ3) is 2.08. The van der Waals surface area contributed by atoms with Gasteiger partial charge in [-0.15, -0.1) is 5.10 Å². The number of nitrogens with zero attached hydrogens (tertiary/aromatic N) is 4. The Bertz CT molecular complexity index is 474. The summed E-state index contributed by atoms with van der Waals surface area (Å²) in [6, 6.07) is 0. The largest absolute Gasteiger partial charge is 0.334 e. The first-order valence-electron chi connectivity index (χ1n) is 4.79. The maximum absolute atomic E-state index is 11.8. The van der Waals surface area contributed by atoms with Gasteiger partial charge in [-0.1, -0.05) is 0 Å². The van der Waals surface area contributed by atoms with Crippen molar-refractivity contribution in [3.8, 4) is 0 Å². The maximum atomic E-state index is 11.8. The van der Waals surface area contributed by atoms with Crippen LogP contribution in [-0.2, 0) is 6.54 Å². The lowest BCUT2D eigenvalue weighted by atomic mass is 10.3. The van der Waals surface area contributed by atoms with Gasteiger partial charge in [-0.3, -0.25) is 15.0 Å². The van der Waals surface area contributed by atoms with Crippen molar-refractivity contribution in [2.45, 2.75) is 13.5 Å². The van der Waals surface area contributed by atoms with Crippen LogP contribution in [0.4, 0.5) is 0 Å². The topological polar surface area (TPSA) is 90.6 Å². The molecule has 0 aliphatic carbocycles. The Kier molecular flexibility index (Phi) is 2.67. The molecule has 16 heavy (non-hydrogen) atoms. The van der Waals surface area contributed by atoms with E-state index in [1.807, 2.05) is 0 Å². The number of carbonyl (C=O) groups excluding carboxylic acids is 1. The van der Waals surface area contributed by atoms with Gasteiger partial charge in [0.25, 0.3) is 5.91 Å². The second-order valence-electron chi connectivity index (χ2n) is 3.51. The van der Waals surface area contributed by atoms with Crippen LogP contribution in [0.15, 0.2) is 12.4 Å². The van der Waals surface area contributed by atoms with Crippen LogP contribution in [0.3, 0.4) is 0 Å². The number of nitrogens with one attached hydrogen (secondary N) is 2. The van der Waals surface area contributed by atoms with E-state index in [1.54, 1.807) is 26.4 Å². The van der Waals surface area contributed by atoms with E-state index in [2.05, 4.69) is 25.4 Å². The summed E-state index contributed by atoms with van der Waals surface area (Å²) < 4.78 is 0. The first-order chi connectivity index (χ1) is 7.66. The predicted molar refractivity (Wildman–Crippen MR) is 55.5 cm³/mol. The number of aromatic amines is 2. The smallest absolute Gasteiger partial charge is 0.293 e. The molecule has 0 aliphatic heterocycles. The summed E-state index contributed by atoms with van der Waals surface area (Å²) in [6.45, 7) is 2.22. The molecule has 0 atom stereocenters. The molecule has 0 radical (unpaired) electrons. The van der Waals surface area contributed by atoms with Crippen LogP contribution >= 0.6 is 0 Å². The van der Waals surface area contributed by atoms with Gasteiger partial charge in [0.05, 0.1) is 6.20 Å². The molecule has 2 heterocycles. The molecule has 0 spiro atoms. The molecule has 0 aliphatic rings. The number of rotatable bonds is 3. The molecule has 7 nitrogen and oxygen atoms in total. The summed E-state index contributed by atoms with van der Waals surface area (Å²) in [5.41, 5.74) is 0.933. The normalized spacial score (nSPS) is 10.4. The Hall–Kier alpha value is -2.18. The van der Waals surface area contributed by atoms with E-state index in [0.29, 0.717) is 12.4 Å². The molecule has 2 N–H and O–H groups in total. The Balaban J connectivity index is 2.05. The van der Waals surface area contributed by atoms with Crippen molar-refractivity contribution in [1.82, 2.24) is 30.3 Å². The van der Waals surface area contributed by atoms with Gasteiger partial charge in [-0.2, -0.15) is 5.10 Å². The van der Waals surface area contributed by atoms with E-state index in [-0.39, 0.29) is 11.7 Å². The minimum atomic E-state index is -0.217. The monoisotopic (exact) mass is 220 g/mol. The minimum absolute atomic E-state index is 0.184. The Morgan fingerprint density at radius 3 is 2.94 bits per heavy atom. The fourth-order valence-electron chi connectivity index (χ4n) is 1.32. The standard InChI is InChI=1S/C9H12N6O/c1-6-12-8(14-13-6)9(16)15(2)5-7-3-10-11-4-7/h3-4H,5H2,1-2H3,(H,10,11)(H,12,13,14). The predicted octanol–water partition coefficient (Wildman–Crippen LogP) is 0.108. The van der Waals surface area contributed by atoms with Crippen molar-refractivity contribution < 1.29 is 4.79 Å². The molecule has 1 amide bonds. The zero-order valence-electron chi connectivity index (χ0n) is 9.06. The van der Waals surface area contributed by atoms with Crippen LogP contribution in [0.25, 0.3) is 0 Å². The lowest BCUT2D eigenvalue weighted by Crippen LogP contribution is -2.27. The van der Waals surface area contributed by atoms with Crippen molar-refractivity contribution >= 4 is 5.91 Å². The van der Waals surface area contributed by atoms with Gasteiger partial charge in [-0.25, -0.2) is 4.98 Å². The minimum Gasteiger partial charge on any atom is -0.334 e. The second-order valence-corrected chi connectivity index (χ2v) is 3.51. The molecule has 0 bridgehead atoms. The molecule has 7 heteroatoms. The van der Waals surface area contributed by atoms with Crippen molar-refractivity contribution in [2.24, 2.45) is 0 Å². The highest BCUT2D eigenvalue weighted by molar-refractivity contribution is 5.90. The Morgan fingerprint density at radius 2 is 2.38 bits per heavy atom. The van der Waals surface area contributed by atoms with Gasteiger partial charge in [-0.05, 0) is 6.92 Å². The van der Waals surface area contributed by atoms with Gasteiger partial charge in [0.15, 0.2) is 0 Å². The average molecular weight is 220 g/mol. The average Bonchev–Trinajstić information content (AvgIpc) is 2.88. The van der Waals surface area contributed by atoms with Crippen molar-refractivity contribution in [2.75, 3.05) is 7.05 Å². The molecule has 84 valence electrons. The summed E-state index contributed by atoms with van der Waals surface area (Å²) in [5, 5.41) is 13.0.